The van der Waals surface area contributed by atoms with E-state index in [0.29, 0.717) is 42.5 Å². The van der Waals surface area contributed by atoms with Crippen LogP contribution in [0.25, 0.3) is 22.4 Å². The zero-order valence-corrected chi connectivity index (χ0v) is 35.0. The van der Waals surface area contributed by atoms with Crippen LogP contribution in [0.1, 0.15) is 63.6 Å². The van der Waals surface area contributed by atoms with E-state index in [0.717, 1.165) is 33.4 Å². The third-order valence-corrected chi connectivity index (χ3v) is 15.3. The number of carbonyl (C=O) groups is 2. The van der Waals surface area contributed by atoms with E-state index in [4.69, 9.17) is 23.4 Å². The Labute approximate surface area is 327 Å². The number of ether oxygens (including phenoxy) is 4. The van der Waals surface area contributed by atoms with Crippen LogP contribution >= 0.6 is 0 Å². The van der Waals surface area contributed by atoms with Crippen LogP contribution in [0.5, 0.6) is 17.2 Å². The van der Waals surface area contributed by atoms with Gasteiger partial charge in [0.15, 0.2) is 19.8 Å². The Hall–Kier alpha value is -4.87. The molecule has 0 saturated heterocycles. The van der Waals surface area contributed by atoms with Crippen molar-refractivity contribution in [2.45, 2.75) is 77.7 Å². The van der Waals surface area contributed by atoms with Gasteiger partial charge in [-0.1, -0.05) is 83.1 Å². The fourth-order valence-corrected chi connectivity index (χ4v) is 7.82. The molecule has 1 aliphatic carbocycles. The SMILES string of the molecule is COc1cc(-c2cc(CN(C(=O)OCC3c4ccccc4-c4ccccc43)[C@@H](CC(C)C)C(=O)NCCO[Si](C)(C)C(C)(C)C)ccn2)cc(OC)c1OC. The number of nitrogens with one attached hydrogen (secondary N) is 1. The highest BCUT2D eigenvalue weighted by atomic mass is 28.4. The highest BCUT2D eigenvalue weighted by molar-refractivity contribution is 6.74. The van der Waals surface area contributed by atoms with Gasteiger partial charge in [-0.15, -0.1) is 0 Å². The van der Waals surface area contributed by atoms with Crippen molar-refractivity contribution in [2.75, 3.05) is 41.1 Å². The van der Waals surface area contributed by atoms with E-state index in [1.165, 1.54) is 0 Å². The van der Waals surface area contributed by atoms with Gasteiger partial charge in [0, 0.05) is 30.8 Å². The molecule has 294 valence electrons. The van der Waals surface area contributed by atoms with Crippen LogP contribution in [0.3, 0.4) is 0 Å². The van der Waals surface area contributed by atoms with Crippen molar-refractivity contribution in [1.29, 1.82) is 0 Å². The smallest absolute Gasteiger partial charge is 0.410 e. The van der Waals surface area contributed by atoms with E-state index >= 15 is 0 Å². The molecule has 0 spiro atoms. The Bertz CT molecular complexity index is 1890. The highest BCUT2D eigenvalue weighted by Gasteiger charge is 2.38. The molecule has 1 heterocycles. The molecule has 1 aliphatic rings. The molecule has 0 aliphatic heterocycles. The lowest BCUT2D eigenvalue weighted by Crippen LogP contribution is -2.51. The minimum absolute atomic E-state index is 0.0452. The van der Waals surface area contributed by atoms with Crippen LogP contribution in [0.4, 0.5) is 4.79 Å². The first-order chi connectivity index (χ1) is 26.2. The topological polar surface area (TPSA) is 108 Å². The second-order valence-corrected chi connectivity index (χ2v) is 20.7. The summed E-state index contributed by atoms with van der Waals surface area (Å²) in [6.45, 7) is 16.0. The Balaban J connectivity index is 1.45. The minimum atomic E-state index is -2.01. The Kier molecular flexibility index (Phi) is 13.3. The highest BCUT2D eigenvalue weighted by Crippen LogP contribution is 2.45. The molecule has 4 aromatic rings. The lowest BCUT2D eigenvalue weighted by atomic mass is 9.98. The number of fused-ring (bicyclic) bond motifs is 3. The number of rotatable bonds is 16. The van der Waals surface area contributed by atoms with Crippen LogP contribution in [-0.4, -0.2) is 77.3 Å². The van der Waals surface area contributed by atoms with Gasteiger partial charge in [-0.25, -0.2) is 4.79 Å². The predicted octanol–water partition coefficient (Wildman–Crippen LogP) is 9.08. The molecule has 1 atom stereocenters. The summed E-state index contributed by atoms with van der Waals surface area (Å²) in [5.74, 6) is 1.19. The zero-order chi connectivity index (χ0) is 39.9. The fraction of sp³-hybridized carbons (Fsp3) is 0.432. The molecular weight excluding hydrogens is 711 g/mol. The summed E-state index contributed by atoms with van der Waals surface area (Å²) in [5, 5.41) is 3.13. The number of amides is 2. The average Bonchev–Trinajstić information content (AvgIpc) is 3.49. The first-order valence-corrected chi connectivity index (χ1v) is 21.9. The monoisotopic (exact) mass is 767 g/mol. The quantitative estimate of drug-likeness (QED) is 0.0889. The molecule has 55 heavy (non-hydrogen) atoms. The Morgan fingerprint density at radius 2 is 1.47 bits per heavy atom. The lowest BCUT2D eigenvalue weighted by Gasteiger charge is -2.36. The summed E-state index contributed by atoms with van der Waals surface area (Å²) in [7, 11) is 2.68. The molecule has 0 radical (unpaired) electrons. The molecule has 3 aromatic carbocycles. The van der Waals surface area contributed by atoms with Crippen LogP contribution < -0.4 is 19.5 Å². The van der Waals surface area contributed by atoms with Gasteiger partial charge in [0.2, 0.25) is 11.7 Å². The van der Waals surface area contributed by atoms with Gasteiger partial charge < -0.3 is 28.7 Å². The lowest BCUT2D eigenvalue weighted by molar-refractivity contribution is -0.127. The molecule has 0 unspecified atom stereocenters. The number of carbonyl (C=O) groups excluding carboxylic acids is 2. The minimum Gasteiger partial charge on any atom is -0.493 e. The number of hydrogen-bond acceptors (Lipinski definition) is 8. The molecule has 1 aromatic heterocycles. The van der Waals surface area contributed by atoms with Crippen LogP contribution in [-0.2, 0) is 20.5 Å². The van der Waals surface area contributed by atoms with E-state index in [-0.39, 0.29) is 35.9 Å². The summed E-state index contributed by atoms with van der Waals surface area (Å²) in [5.41, 5.74) is 6.66. The maximum Gasteiger partial charge on any atom is 0.410 e. The third kappa shape index (κ3) is 9.51. The van der Waals surface area contributed by atoms with E-state index in [1.54, 1.807) is 32.4 Å². The molecule has 10 nitrogen and oxygen atoms in total. The Morgan fingerprint density at radius 1 is 0.873 bits per heavy atom. The van der Waals surface area contributed by atoms with Gasteiger partial charge in [0.05, 0.1) is 33.6 Å². The van der Waals surface area contributed by atoms with E-state index in [1.807, 2.05) is 62.4 Å². The third-order valence-electron chi connectivity index (χ3n) is 10.8. The van der Waals surface area contributed by atoms with Crippen molar-refractivity contribution >= 4 is 20.3 Å². The number of pyridine rings is 1. The van der Waals surface area contributed by atoms with Crippen LogP contribution in [0.2, 0.25) is 18.1 Å². The van der Waals surface area contributed by atoms with Crippen molar-refractivity contribution in [3.05, 3.63) is 95.7 Å². The molecule has 0 saturated carbocycles. The average molecular weight is 768 g/mol. The normalized spacial score (nSPS) is 13.1. The molecular formula is C44H57N3O7Si. The summed E-state index contributed by atoms with van der Waals surface area (Å²) in [6, 6.07) is 23.1. The zero-order valence-electron chi connectivity index (χ0n) is 34.0. The largest absolute Gasteiger partial charge is 0.493 e. The number of nitrogens with zero attached hydrogens (tertiary/aromatic N) is 2. The van der Waals surface area contributed by atoms with Crippen molar-refractivity contribution in [3.63, 3.8) is 0 Å². The second kappa shape index (κ2) is 17.7. The molecule has 1 N–H and O–H groups in total. The molecule has 0 bridgehead atoms. The van der Waals surface area contributed by atoms with Crippen molar-refractivity contribution in [2.24, 2.45) is 5.92 Å². The fourth-order valence-electron chi connectivity index (χ4n) is 6.77. The van der Waals surface area contributed by atoms with Crippen molar-refractivity contribution in [3.8, 4) is 39.6 Å². The number of benzene rings is 3. The maximum absolute atomic E-state index is 14.5. The second-order valence-electron chi connectivity index (χ2n) is 15.9. The van der Waals surface area contributed by atoms with E-state index in [9.17, 15) is 9.59 Å². The van der Waals surface area contributed by atoms with Gasteiger partial charge in [0.1, 0.15) is 12.6 Å². The van der Waals surface area contributed by atoms with Gasteiger partial charge in [0.25, 0.3) is 0 Å². The predicted molar refractivity (Wildman–Crippen MR) is 219 cm³/mol. The van der Waals surface area contributed by atoms with E-state index in [2.05, 4.69) is 68.4 Å². The maximum atomic E-state index is 14.5. The summed E-state index contributed by atoms with van der Waals surface area (Å²) in [6.07, 6.45) is 1.56. The molecule has 0 fully saturated rings. The summed E-state index contributed by atoms with van der Waals surface area (Å²) >= 11 is 0. The standard InChI is InChI=1S/C44H57N3O7Si/c1-29(2)23-38(42(48)46-21-22-54-55(9,10)44(3,4)5)47(43(49)53-28-36-34-17-13-11-15-32(34)33-16-12-14-18-35(33)36)27-30-19-20-45-37(24-30)31-25-39(50-6)41(52-8)40(26-31)51-7/h11-20,24-26,29,36,38H,21-23,27-28H2,1-10H3,(H,46,48)/t38-/m0/s1. The number of hydrogen-bond donors (Lipinski definition) is 1. The van der Waals surface area contributed by atoms with Crippen molar-refractivity contribution < 1.29 is 33.0 Å². The van der Waals surface area contributed by atoms with Gasteiger partial charge in [-0.3, -0.25) is 14.7 Å². The van der Waals surface area contributed by atoms with Crippen LogP contribution in [0.15, 0.2) is 79.0 Å². The number of aromatic nitrogens is 1. The molecule has 5 rings (SSSR count). The van der Waals surface area contributed by atoms with E-state index < -0.39 is 20.5 Å². The van der Waals surface area contributed by atoms with Crippen LogP contribution in [0, 0.1) is 5.92 Å². The van der Waals surface area contributed by atoms with Gasteiger partial charge in [-0.05, 0) is 82.6 Å². The number of methoxy groups -OCH3 is 3. The Morgan fingerprint density at radius 3 is 2.02 bits per heavy atom. The van der Waals surface area contributed by atoms with Crippen molar-refractivity contribution in [1.82, 2.24) is 15.2 Å². The first kappa shape index (κ1) is 41.3. The first-order valence-electron chi connectivity index (χ1n) is 19.0. The summed E-state index contributed by atoms with van der Waals surface area (Å²) < 4.78 is 29.3. The molecule has 2 amide bonds. The van der Waals surface area contributed by atoms with Gasteiger partial charge >= 0.3 is 6.09 Å². The molecule has 11 heteroatoms. The summed E-state index contributed by atoms with van der Waals surface area (Å²) in [4.78, 5) is 34.8. The van der Waals surface area contributed by atoms with Gasteiger partial charge in [-0.2, -0.15) is 0 Å².